The molecule has 0 spiro atoms. The molecule has 0 rings (SSSR count). The van der Waals surface area contributed by atoms with Crippen molar-refractivity contribution in [2.75, 3.05) is 0 Å². The van der Waals surface area contributed by atoms with Crippen LogP contribution in [0.5, 0.6) is 0 Å². The summed E-state index contributed by atoms with van der Waals surface area (Å²) in [5, 5.41) is 9.07. The Balaban J connectivity index is 3.10. The highest BCUT2D eigenvalue weighted by atomic mass is 16.3. The van der Waals surface area contributed by atoms with Gasteiger partial charge in [-0.25, -0.2) is 0 Å². The maximum atomic E-state index is 9.07. The number of hydrogen-bond acceptors (Lipinski definition) is 1. The van der Waals surface area contributed by atoms with Gasteiger partial charge in [0, 0.05) is 0 Å². The van der Waals surface area contributed by atoms with Crippen LogP contribution in [-0.2, 0) is 0 Å². The van der Waals surface area contributed by atoms with E-state index in [2.05, 4.69) is 20.8 Å². The summed E-state index contributed by atoms with van der Waals surface area (Å²) in [7, 11) is 0. The molecule has 1 N–H and O–H groups in total. The summed E-state index contributed by atoms with van der Waals surface area (Å²) in [6.07, 6.45) is 5.87. The molecule has 0 fully saturated rings. The lowest BCUT2D eigenvalue weighted by Gasteiger charge is -2.13. The molecule has 1 heteroatoms. The van der Waals surface area contributed by atoms with Crippen LogP contribution < -0.4 is 0 Å². The summed E-state index contributed by atoms with van der Waals surface area (Å²) < 4.78 is 0. The van der Waals surface area contributed by atoms with Gasteiger partial charge in [0.2, 0.25) is 0 Å². The Morgan fingerprint density at radius 2 is 1.91 bits per heavy atom. The number of unbranched alkanes of at least 4 members (excludes halogenated alkanes) is 3. The van der Waals surface area contributed by atoms with E-state index < -0.39 is 0 Å². The maximum Gasteiger partial charge on any atom is 0.0566 e. The highest BCUT2D eigenvalue weighted by molar-refractivity contribution is 4.65. The van der Waals surface area contributed by atoms with E-state index >= 15 is 0 Å². The second-order valence-electron chi connectivity index (χ2n) is 3.39. The normalized spacial score (nSPS) is 16.4. The Bertz CT molecular complexity index is 78.9. The minimum atomic E-state index is -0.378. The molecule has 1 radical (unpaired) electrons. The summed E-state index contributed by atoms with van der Waals surface area (Å²) in [5.74, 6) is 0.367. The molecule has 0 aliphatic rings. The first-order chi connectivity index (χ1) is 5.18. The quantitative estimate of drug-likeness (QED) is 0.588. The van der Waals surface area contributed by atoms with Gasteiger partial charge >= 0.3 is 0 Å². The first kappa shape index (κ1) is 11.0. The molecule has 0 heterocycles. The van der Waals surface area contributed by atoms with E-state index in [9.17, 15) is 0 Å². The monoisotopic (exact) mass is 157 g/mol. The third-order valence-electron chi connectivity index (χ3n) is 2.17. The van der Waals surface area contributed by atoms with Crippen molar-refractivity contribution >= 4 is 0 Å². The van der Waals surface area contributed by atoms with Crippen molar-refractivity contribution in [1.29, 1.82) is 0 Å². The van der Waals surface area contributed by atoms with Gasteiger partial charge in [0.25, 0.3) is 0 Å². The molecule has 2 unspecified atom stereocenters. The molecular weight excluding hydrogens is 136 g/mol. The Morgan fingerprint density at radius 3 is 2.36 bits per heavy atom. The van der Waals surface area contributed by atoms with Crippen molar-refractivity contribution in [3.63, 3.8) is 0 Å². The zero-order valence-corrected chi connectivity index (χ0v) is 7.84. The minimum absolute atomic E-state index is 0.367. The fourth-order valence-corrected chi connectivity index (χ4v) is 1.09. The molecule has 0 saturated carbocycles. The molecule has 0 aliphatic heterocycles. The third kappa shape index (κ3) is 6.36. The fraction of sp³-hybridized carbons (Fsp3) is 0.900. The van der Waals surface area contributed by atoms with E-state index in [-0.39, 0.29) is 6.10 Å². The fourth-order valence-electron chi connectivity index (χ4n) is 1.09. The van der Waals surface area contributed by atoms with Crippen LogP contribution in [0.4, 0.5) is 0 Å². The number of aliphatic hydroxyl groups excluding tert-OH is 1. The molecule has 67 valence electrons. The molecule has 0 aromatic heterocycles. The zero-order valence-electron chi connectivity index (χ0n) is 7.84. The number of aliphatic hydroxyl groups is 1. The van der Waals surface area contributed by atoms with E-state index in [0.717, 1.165) is 6.42 Å². The summed E-state index contributed by atoms with van der Waals surface area (Å²) in [6.45, 7) is 7.86. The van der Waals surface area contributed by atoms with Crippen molar-refractivity contribution in [3.05, 3.63) is 6.92 Å². The van der Waals surface area contributed by atoms with E-state index in [4.69, 9.17) is 5.11 Å². The van der Waals surface area contributed by atoms with Gasteiger partial charge in [0.15, 0.2) is 0 Å². The van der Waals surface area contributed by atoms with Gasteiger partial charge in [-0.3, -0.25) is 0 Å². The van der Waals surface area contributed by atoms with Crippen LogP contribution in [0.1, 0.15) is 46.0 Å². The summed E-state index contributed by atoms with van der Waals surface area (Å²) in [5.41, 5.74) is 0. The Labute approximate surface area is 70.8 Å². The average molecular weight is 157 g/mol. The highest BCUT2D eigenvalue weighted by Crippen LogP contribution is 2.13. The van der Waals surface area contributed by atoms with Gasteiger partial charge in [-0.15, -0.1) is 0 Å². The van der Waals surface area contributed by atoms with Gasteiger partial charge in [-0.1, -0.05) is 39.5 Å². The first-order valence-corrected chi connectivity index (χ1v) is 4.69. The van der Waals surface area contributed by atoms with Crippen molar-refractivity contribution < 1.29 is 5.11 Å². The third-order valence-corrected chi connectivity index (χ3v) is 2.17. The van der Waals surface area contributed by atoms with Crippen LogP contribution in [0.25, 0.3) is 0 Å². The number of rotatable bonds is 6. The first-order valence-electron chi connectivity index (χ1n) is 4.69. The maximum absolute atomic E-state index is 9.07. The van der Waals surface area contributed by atoms with Crippen LogP contribution in [0, 0.1) is 12.8 Å². The molecule has 0 amide bonds. The van der Waals surface area contributed by atoms with Gasteiger partial charge in [-0.2, -0.15) is 0 Å². The van der Waals surface area contributed by atoms with Crippen LogP contribution in [0.15, 0.2) is 0 Å². The predicted molar refractivity (Wildman–Crippen MR) is 49.3 cm³/mol. The second-order valence-corrected chi connectivity index (χ2v) is 3.39. The molecule has 0 bridgehead atoms. The molecule has 0 saturated heterocycles. The summed E-state index contributed by atoms with van der Waals surface area (Å²) in [6, 6.07) is 0. The Kier molecular flexibility index (Phi) is 6.63. The molecule has 2 atom stereocenters. The Morgan fingerprint density at radius 1 is 1.27 bits per heavy atom. The van der Waals surface area contributed by atoms with Crippen molar-refractivity contribution in [3.8, 4) is 0 Å². The number of hydrogen-bond donors (Lipinski definition) is 1. The van der Waals surface area contributed by atoms with Crippen LogP contribution in [-0.4, -0.2) is 11.2 Å². The van der Waals surface area contributed by atoms with Gasteiger partial charge < -0.3 is 5.11 Å². The lowest BCUT2D eigenvalue weighted by Crippen LogP contribution is -2.12. The lowest BCUT2D eigenvalue weighted by atomic mass is 9.98. The molecule has 11 heavy (non-hydrogen) atoms. The molecular formula is C10H21O. The van der Waals surface area contributed by atoms with E-state index in [0.29, 0.717) is 5.92 Å². The van der Waals surface area contributed by atoms with Gasteiger partial charge in [0.1, 0.15) is 0 Å². The molecule has 0 aromatic carbocycles. The molecule has 1 nitrogen and oxygen atoms in total. The van der Waals surface area contributed by atoms with E-state index in [1.165, 1.54) is 25.7 Å². The highest BCUT2D eigenvalue weighted by Gasteiger charge is 2.07. The minimum Gasteiger partial charge on any atom is -0.393 e. The van der Waals surface area contributed by atoms with Crippen molar-refractivity contribution in [2.24, 2.45) is 5.92 Å². The smallest absolute Gasteiger partial charge is 0.0566 e. The standard InChI is InChI=1S/C10H21O/c1-4-5-6-7-8-9(2)10(3)11/h9-11H,3-8H2,1-2H3. The average Bonchev–Trinajstić information content (AvgIpc) is 1.97. The van der Waals surface area contributed by atoms with E-state index in [1.54, 1.807) is 0 Å². The molecule has 0 aromatic rings. The van der Waals surface area contributed by atoms with Crippen molar-refractivity contribution in [2.45, 2.75) is 52.1 Å². The van der Waals surface area contributed by atoms with Crippen LogP contribution >= 0.6 is 0 Å². The van der Waals surface area contributed by atoms with Gasteiger partial charge in [-0.05, 0) is 19.3 Å². The molecule has 0 aliphatic carbocycles. The van der Waals surface area contributed by atoms with Crippen LogP contribution in [0.3, 0.4) is 0 Å². The Hall–Kier alpha value is -0.0400. The predicted octanol–water partition coefficient (Wildman–Crippen LogP) is 2.79. The summed E-state index contributed by atoms with van der Waals surface area (Å²) in [4.78, 5) is 0. The van der Waals surface area contributed by atoms with E-state index in [1.807, 2.05) is 0 Å². The SMILES string of the molecule is [CH2]C(O)C(C)CCCCCC. The van der Waals surface area contributed by atoms with Gasteiger partial charge in [0.05, 0.1) is 6.10 Å². The van der Waals surface area contributed by atoms with Crippen LogP contribution in [0.2, 0.25) is 0 Å². The topological polar surface area (TPSA) is 20.2 Å². The lowest BCUT2D eigenvalue weighted by molar-refractivity contribution is 0.152. The zero-order chi connectivity index (χ0) is 8.69. The largest absolute Gasteiger partial charge is 0.393 e. The second kappa shape index (κ2) is 6.66. The summed E-state index contributed by atoms with van der Waals surface area (Å²) >= 11 is 0. The van der Waals surface area contributed by atoms with Crippen molar-refractivity contribution in [1.82, 2.24) is 0 Å².